The molecule has 0 atom stereocenters. The van der Waals surface area contributed by atoms with Gasteiger partial charge in [0.1, 0.15) is 0 Å². The molecule has 98 valence electrons. The van der Waals surface area contributed by atoms with Crippen molar-refractivity contribution in [2.24, 2.45) is 5.73 Å². The molecule has 6 heteroatoms. The number of amides is 2. The number of hydrogen-bond acceptors (Lipinski definition) is 2. The van der Waals surface area contributed by atoms with Crippen LogP contribution in [0.15, 0.2) is 18.2 Å². The standard InChI is InChI=1S/C12H17ClN4O/c1-2-3-4-8-5-6-10(9(13)7-8)16-12(18)17-11(14)15/h5-7H,2-4H2,1H3,(H5,14,15,16,17,18). The van der Waals surface area contributed by atoms with Crippen LogP contribution in [0.25, 0.3) is 0 Å². The van der Waals surface area contributed by atoms with Crippen LogP contribution >= 0.6 is 11.6 Å². The summed E-state index contributed by atoms with van der Waals surface area (Å²) >= 11 is 6.06. The van der Waals surface area contributed by atoms with E-state index >= 15 is 0 Å². The number of anilines is 1. The molecule has 2 amide bonds. The van der Waals surface area contributed by atoms with Gasteiger partial charge < -0.3 is 11.1 Å². The van der Waals surface area contributed by atoms with Gasteiger partial charge in [-0.25, -0.2) is 4.79 Å². The molecule has 0 fully saturated rings. The Balaban J connectivity index is 2.67. The van der Waals surface area contributed by atoms with Crippen LogP contribution in [0.1, 0.15) is 25.3 Å². The fourth-order valence-electron chi connectivity index (χ4n) is 1.47. The second kappa shape index (κ2) is 6.86. The van der Waals surface area contributed by atoms with Crippen molar-refractivity contribution in [3.05, 3.63) is 28.8 Å². The molecule has 0 aliphatic heterocycles. The van der Waals surface area contributed by atoms with E-state index in [4.69, 9.17) is 22.7 Å². The molecule has 0 bridgehead atoms. The van der Waals surface area contributed by atoms with Crippen molar-refractivity contribution >= 4 is 29.3 Å². The lowest BCUT2D eigenvalue weighted by Gasteiger charge is -2.09. The maximum atomic E-state index is 11.3. The summed E-state index contributed by atoms with van der Waals surface area (Å²) in [6, 6.07) is 4.92. The Morgan fingerprint density at radius 3 is 2.78 bits per heavy atom. The molecule has 0 heterocycles. The molecule has 18 heavy (non-hydrogen) atoms. The molecular weight excluding hydrogens is 252 g/mol. The van der Waals surface area contributed by atoms with E-state index in [1.54, 1.807) is 6.07 Å². The van der Waals surface area contributed by atoms with E-state index in [0.29, 0.717) is 10.7 Å². The number of nitrogens with two attached hydrogens (primary N) is 1. The summed E-state index contributed by atoms with van der Waals surface area (Å²) in [5.74, 6) is -0.414. The Labute approximate surface area is 111 Å². The Morgan fingerprint density at radius 1 is 1.50 bits per heavy atom. The van der Waals surface area contributed by atoms with Crippen LogP contribution in [0.2, 0.25) is 5.02 Å². The lowest BCUT2D eigenvalue weighted by molar-refractivity contribution is 0.256. The largest absolute Gasteiger partial charge is 0.370 e. The van der Waals surface area contributed by atoms with Crippen LogP contribution < -0.4 is 16.4 Å². The van der Waals surface area contributed by atoms with Crippen molar-refractivity contribution in [1.82, 2.24) is 5.32 Å². The molecule has 0 aliphatic rings. The van der Waals surface area contributed by atoms with Crippen LogP contribution in [0.5, 0.6) is 0 Å². The van der Waals surface area contributed by atoms with Crippen molar-refractivity contribution in [3.8, 4) is 0 Å². The zero-order valence-electron chi connectivity index (χ0n) is 10.2. The first kappa shape index (κ1) is 14.3. The number of hydrogen-bond donors (Lipinski definition) is 4. The second-order valence-electron chi connectivity index (χ2n) is 3.91. The summed E-state index contributed by atoms with van der Waals surface area (Å²) in [6.45, 7) is 2.13. The van der Waals surface area contributed by atoms with Crippen LogP contribution in [-0.2, 0) is 6.42 Å². The van der Waals surface area contributed by atoms with Crippen LogP contribution in [0.3, 0.4) is 0 Å². The molecule has 0 saturated heterocycles. The highest BCUT2D eigenvalue weighted by molar-refractivity contribution is 6.33. The third kappa shape index (κ3) is 4.63. The van der Waals surface area contributed by atoms with Gasteiger partial charge in [-0.05, 0) is 30.5 Å². The number of carbonyl (C=O) groups excluding carboxylic acids is 1. The zero-order valence-corrected chi connectivity index (χ0v) is 11.0. The first-order valence-electron chi connectivity index (χ1n) is 5.73. The third-order valence-electron chi connectivity index (χ3n) is 2.35. The topological polar surface area (TPSA) is 91.0 Å². The normalized spacial score (nSPS) is 9.89. The lowest BCUT2D eigenvalue weighted by atomic mass is 10.1. The van der Waals surface area contributed by atoms with Gasteiger partial charge in [0.05, 0.1) is 10.7 Å². The molecule has 1 rings (SSSR count). The number of guanidine groups is 1. The van der Waals surface area contributed by atoms with Gasteiger partial charge in [-0.15, -0.1) is 0 Å². The molecule has 0 unspecified atom stereocenters. The summed E-state index contributed by atoms with van der Waals surface area (Å²) in [5.41, 5.74) is 6.68. The van der Waals surface area contributed by atoms with Crippen LogP contribution in [0.4, 0.5) is 10.5 Å². The minimum atomic E-state index is -0.578. The fourth-order valence-corrected chi connectivity index (χ4v) is 1.72. The van der Waals surface area contributed by atoms with E-state index in [2.05, 4.69) is 17.6 Å². The summed E-state index contributed by atoms with van der Waals surface area (Å²) in [7, 11) is 0. The molecule has 0 aromatic heterocycles. The Morgan fingerprint density at radius 2 is 2.22 bits per heavy atom. The van der Waals surface area contributed by atoms with Gasteiger partial charge in [-0.3, -0.25) is 10.7 Å². The monoisotopic (exact) mass is 268 g/mol. The van der Waals surface area contributed by atoms with Crippen molar-refractivity contribution in [2.75, 3.05) is 5.32 Å². The van der Waals surface area contributed by atoms with Crippen molar-refractivity contribution in [3.63, 3.8) is 0 Å². The maximum absolute atomic E-state index is 11.3. The number of urea groups is 1. The van der Waals surface area contributed by atoms with Crippen molar-refractivity contribution in [1.29, 1.82) is 5.41 Å². The van der Waals surface area contributed by atoms with Gasteiger partial charge in [0.15, 0.2) is 5.96 Å². The highest BCUT2D eigenvalue weighted by atomic mass is 35.5. The number of carbonyl (C=O) groups is 1. The van der Waals surface area contributed by atoms with Crippen LogP contribution in [0, 0.1) is 5.41 Å². The average Bonchev–Trinajstić information content (AvgIpc) is 2.28. The van der Waals surface area contributed by atoms with Gasteiger partial charge in [0, 0.05) is 0 Å². The van der Waals surface area contributed by atoms with E-state index in [1.165, 1.54) is 0 Å². The minimum Gasteiger partial charge on any atom is -0.370 e. The molecule has 5 N–H and O–H groups in total. The van der Waals surface area contributed by atoms with E-state index < -0.39 is 12.0 Å². The first-order chi connectivity index (χ1) is 8.52. The molecule has 5 nitrogen and oxygen atoms in total. The van der Waals surface area contributed by atoms with Crippen molar-refractivity contribution < 1.29 is 4.79 Å². The molecule has 1 aromatic rings. The van der Waals surface area contributed by atoms with Gasteiger partial charge in [-0.1, -0.05) is 31.0 Å². The predicted octanol–water partition coefficient (Wildman–Crippen LogP) is 2.70. The molecule has 0 aliphatic carbocycles. The first-order valence-corrected chi connectivity index (χ1v) is 6.11. The fraction of sp³-hybridized carbons (Fsp3) is 0.333. The van der Waals surface area contributed by atoms with E-state index in [9.17, 15) is 4.79 Å². The average molecular weight is 269 g/mol. The number of halogens is 1. The third-order valence-corrected chi connectivity index (χ3v) is 2.66. The summed E-state index contributed by atoms with van der Waals surface area (Å²) in [6.07, 6.45) is 3.20. The quantitative estimate of drug-likeness (QED) is 0.499. The van der Waals surface area contributed by atoms with Crippen LogP contribution in [-0.4, -0.2) is 12.0 Å². The van der Waals surface area contributed by atoms with Crippen molar-refractivity contribution in [2.45, 2.75) is 26.2 Å². The smallest absolute Gasteiger partial charge is 0.326 e. The Hall–Kier alpha value is -1.75. The molecular formula is C12H17ClN4O. The summed E-state index contributed by atoms with van der Waals surface area (Å²) in [4.78, 5) is 11.3. The van der Waals surface area contributed by atoms with Gasteiger partial charge in [0.25, 0.3) is 0 Å². The molecule has 0 spiro atoms. The number of aryl methyl sites for hydroxylation is 1. The van der Waals surface area contributed by atoms with E-state index in [-0.39, 0.29) is 0 Å². The summed E-state index contributed by atoms with van der Waals surface area (Å²) < 4.78 is 0. The molecule has 0 saturated carbocycles. The SMILES string of the molecule is CCCCc1ccc(NC(=O)NC(=N)N)c(Cl)c1. The van der Waals surface area contributed by atoms with Gasteiger partial charge >= 0.3 is 6.03 Å². The lowest BCUT2D eigenvalue weighted by Crippen LogP contribution is -2.38. The number of nitrogens with one attached hydrogen (secondary N) is 3. The molecule has 0 radical (unpaired) electrons. The Bertz CT molecular complexity index is 448. The van der Waals surface area contributed by atoms with Gasteiger partial charge in [0.2, 0.25) is 0 Å². The number of unbranched alkanes of at least 4 members (excludes halogenated alkanes) is 1. The summed E-state index contributed by atoms with van der Waals surface area (Å²) in [5, 5.41) is 12.0. The number of rotatable bonds is 4. The highest BCUT2D eigenvalue weighted by Crippen LogP contribution is 2.23. The maximum Gasteiger partial charge on any atom is 0.326 e. The van der Waals surface area contributed by atoms with E-state index in [0.717, 1.165) is 24.8 Å². The highest BCUT2D eigenvalue weighted by Gasteiger charge is 2.06. The second-order valence-corrected chi connectivity index (χ2v) is 4.32. The zero-order chi connectivity index (χ0) is 13.5. The molecule has 1 aromatic carbocycles. The van der Waals surface area contributed by atoms with Gasteiger partial charge in [-0.2, -0.15) is 0 Å². The van der Waals surface area contributed by atoms with E-state index in [1.807, 2.05) is 12.1 Å². The number of benzene rings is 1. The Kier molecular flexibility index (Phi) is 5.45. The predicted molar refractivity (Wildman–Crippen MR) is 74.1 cm³/mol. The minimum absolute atomic E-state index is 0.414.